The normalized spacial score (nSPS) is 16.4. The van der Waals surface area contributed by atoms with E-state index in [0.717, 1.165) is 12.1 Å². The van der Waals surface area contributed by atoms with Gasteiger partial charge in [-0.3, -0.25) is 0 Å². The van der Waals surface area contributed by atoms with E-state index in [1.54, 1.807) is 6.07 Å². The lowest BCUT2D eigenvalue weighted by Gasteiger charge is -2.32. The fourth-order valence-electron chi connectivity index (χ4n) is 2.90. The first-order valence-electron chi connectivity index (χ1n) is 9.64. The van der Waals surface area contributed by atoms with Gasteiger partial charge >= 0.3 is 11.9 Å². The molecule has 1 saturated heterocycles. The predicted molar refractivity (Wildman–Crippen MR) is 125 cm³/mol. The van der Waals surface area contributed by atoms with E-state index in [1.807, 2.05) is 30.3 Å². The number of rotatable bonds is 7. The summed E-state index contributed by atoms with van der Waals surface area (Å²) in [4.78, 5) is 19.1. The number of ether oxygens (including phenoxy) is 3. The lowest BCUT2D eigenvalue weighted by atomic mass is 10.0. The molecule has 8 nitrogen and oxygen atoms in total. The standard InChI is InChI=1S/C18H18Cl3NO3.C4H4O4/c1-23-18-15(21)12(19)9-13(20)17(18)25-16(11-5-3-2-4-6-11)14-10-22-7-8-24-14;5-3(6)1-2-4(7)8/h2-6,9,14,16,22H,7-8,10H2,1H3;1-2H,(H,5,6)(H,7,8)/b;2-1+/t14-,16-;/m0./s1. The van der Waals surface area contributed by atoms with Crippen molar-refractivity contribution in [3.8, 4) is 11.5 Å². The van der Waals surface area contributed by atoms with Crippen LogP contribution in [0, 0.1) is 0 Å². The monoisotopic (exact) mass is 517 g/mol. The number of aliphatic carboxylic acids is 2. The first-order valence-corrected chi connectivity index (χ1v) is 10.8. The van der Waals surface area contributed by atoms with Crippen LogP contribution in [0.3, 0.4) is 0 Å². The van der Waals surface area contributed by atoms with Gasteiger partial charge in [0, 0.05) is 25.2 Å². The highest BCUT2D eigenvalue weighted by molar-refractivity contribution is 6.44. The van der Waals surface area contributed by atoms with E-state index in [1.165, 1.54) is 7.11 Å². The molecule has 1 fully saturated rings. The second-order valence-electron chi connectivity index (χ2n) is 6.59. The Morgan fingerprint density at radius 2 is 1.73 bits per heavy atom. The third kappa shape index (κ3) is 8.10. The number of methoxy groups -OCH3 is 1. The van der Waals surface area contributed by atoms with E-state index in [-0.39, 0.29) is 17.2 Å². The van der Waals surface area contributed by atoms with Gasteiger partial charge in [0.05, 0.1) is 23.8 Å². The number of carboxylic acid groups (broad SMARTS) is 2. The van der Waals surface area contributed by atoms with Gasteiger partial charge in [-0.2, -0.15) is 0 Å². The van der Waals surface area contributed by atoms with Crippen LogP contribution in [-0.2, 0) is 14.3 Å². The molecule has 11 heteroatoms. The summed E-state index contributed by atoms with van der Waals surface area (Å²) >= 11 is 18.7. The zero-order valence-electron chi connectivity index (χ0n) is 17.5. The molecule has 0 radical (unpaired) electrons. The first kappa shape index (κ1) is 26.8. The van der Waals surface area contributed by atoms with E-state index in [0.29, 0.717) is 46.8 Å². The maximum absolute atomic E-state index is 9.55. The molecule has 33 heavy (non-hydrogen) atoms. The van der Waals surface area contributed by atoms with Crippen molar-refractivity contribution in [2.75, 3.05) is 26.8 Å². The topological polar surface area (TPSA) is 114 Å². The summed E-state index contributed by atoms with van der Waals surface area (Å²) in [6.07, 6.45) is 0.564. The molecule has 0 aromatic heterocycles. The second kappa shape index (κ2) is 13.3. The smallest absolute Gasteiger partial charge is 0.328 e. The molecular weight excluding hydrogens is 497 g/mol. The van der Waals surface area contributed by atoms with Gasteiger partial charge in [-0.05, 0) is 11.6 Å². The molecule has 0 amide bonds. The van der Waals surface area contributed by atoms with Crippen molar-refractivity contribution in [1.82, 2.24) is 5.32 Å². The fourth-order valence-corrected chi connectivity index (χ4v) is 3.61. The minimum absolute atomic E-state index is 0.175. The third-order valence-electron chi connectivity index (χ3n) is 4.33. The van der Waals surface area contributed by atoms with Crippen LogP contribution in [0.4, 0.5) is 0 Å². The number of nitrogens with one attached hydrogen (secondary N) is 1. The van der Waals surface area contributed by atoms with Crippen molar-refractivity contribution in [1.29, 1.82) is 0 Å². The molecule has 2 atom stereocenters. The summed E-state index contributed by atoms with van der Waals surface area (Å²) in [5, 5.41) is 19.8. The molecule has 0 bridgehead atoms. The van der Waals surface area contributed by atoms with Gasteiger partial charge in [0.15, 0.2) is 17.6 Å². The summed E-state index contributed by atoms with van der Waals surface area (Å²) in [5.74, 6) is -1.86. The van der Waals surface area contributed by atoms with Crippen molar-refractivity contribution in [3.63, 3.8) is 0 Å². The van der Waals surface area contributed by atoms with E-state index in [4.69, 9.17) is 59.2 Å². The molecule has 3 N–H and O–H groups in total. The maximum atomic E-state index is 9.55. The number of carboxylic acids is 2. The Labute approximate surface area is 205 Å². The van der Waals surface area contributed by atoms with Gasteiger partial charge in [-0.1, -0.05) is 65.1 Å². The summed E-state index contributed by atoms with van der Waals surface area (Å²) < 4.78 is 17.5. The van der Waals surface area contributed by atoms with Crippen molar-refractivity contribution in [2.24, 2.45) is 0 Å². The summed E-state index contributed by atoms with van der Waals surface area (Å²) in [5.41, 5.74) is 0.973. The SMILES string of the molecule is COc1c(Cl)c(Cl)cc(Cl)c1O[C@@H](c1ccccc1)[C@@H]1CNCCO1.O=C(O)/C=C/C(=O)O. The average Bonchev–Trinajstić information content (AvgIpc) is 2.80. The Morgan fingerprint density at radius 3 is 2.24 bits per heavy atom. The fraction of sp³-hybridized carbons (Fsp3) is 0.273. The van der Waals surface area contributed by atoms with Gasteiger partial charge in [0.2, 0.25) is 0 Å². The number of hydrogen-bond acceptors (Lipinski definition) is 6. The minimum Gasteiger partial charge on any atom is -0.491 e. The first-order chi connectivity index (χ1) is 15.7. The van der Waals surface area contributed by atoms with Gasteiger partial charge in [-0.25, -0.2) is 9.59 Å². The van der Waals surface area contributed by atoms with E-state index in [9.17, 15) is 9.59 Å². The highest BCUT2D eigenvalue weighted by atomic mass is 35.5. The van der Waals surface area contributed by atoms with Crippen molar-refractivity contribution in [2.45, 2.75) is 12.2 Å². The van der Waals surface area contributed by atoms with E-state index >= 15 is 0 Å². The minimum atomic E-state index is -1.26. The zero-order chi connectivity index (χ0) is 24.4. The van der Waals surface area contributed by atoms with E-state index in [2.05, 4.69) is 5.32 Å². The Hall–Kier alpha value is -2.49. The number of hydrogen-bond donors (Lipinski definition) is 3. The van der Waals surface area contributed by atoms with Gasteiger partial charge < -0.3 is 29.7 Å². The Bertz CT molecular complexity index is 964. The van der Waals surface area contributed by atoms with Gasteiger partial charge in [0.1, 0.15) is 11.1 Å². The second-order valence-corrected chi connectivity index (χ2v) is 7.78. The largest absolute Gasteiger partial charge is 0.491 e. The van der Waals surface area contributed by atoms with Crippen LogP contribution in [-0.4, -0.2) is 55.1 Å². The Balaban J connectivity index is 0.000000414. The summed E-state index contributed by atoms with van der Waals surface area (Å²) in [7, 11) is 1.50. The Kier molecular flexibility index (Phi) is 10.8. The molecule has 1 aliphatic rings. The molecule has 3 rings (SSSR count). The van der Waals surface area contributed by atoms with Gasteiger partial charge in [0.25, 0.3) is 0 Å². The van der Waals surface area contributed by atoms with Crippen LogP contribution >= 0.6 is 34.8 Å². The quantitative estimate of drug-likeness (QED) is 0.363. The molecule has 2 aromatic rings. The van der Waals surface area contributed by atoms with Crippen LogP contribution < -0.4 is 14.8 Å². The number of halogens is 3. The average molecular weight is 519 g/mol. The highest BCUT2D eigenvalue weighted by Crippen LogP contribution is 2.47. The van der Waals surface area contributed by atoms with Crippen molar-refractivity contribution >= 4 is 46.7 Å². The number of benzene rings is 2. The van der Waals surface area contributed by atoms with Crippen molar-refractivity contribution < 1.29 is 34.0 Å². The van der Waals surface area contributed by atoms with Crippen LogP contribution in [0.5, 0.6) is 11.5 Å². The zero-order valence-corrected chi connectivity index (χ0v) is 19.7. The van der Waals surface area contributed by atoms with Crippen molar-refractivity contribution in [3.05, 3.63) is 69.2 Å². The highest BCUT2D eigenvalue weighted by Gasteiger charge is 2.30. The molecule has 1 heterocycles. The molecule has 2 aromatic carbocycles. The Morgan fingerprint density at radius 1 is 1.09 bits per heavy atom. The molecule has 0 spiro atoms. The molecular formula is C22H22Cl3NO7. The molecule has 0 unspecified atom stereocenters. The number of carbonyl (C=O) groups is 2. The summed E-state index contributed by atoms with van der Waals surface area (Å²) in [6, 6.07) is 11.4. The lowest BCUT2D eigenvalue weighted by Crippen LogP contribution is -2.43. The number of morpholine rings is 1. The molecule has 178 valence electrons. The lowest BCUT2D eigenvalue weighted by molar-refractivity contribution is -0.134. The molecule has 0 aliphatic carbocycles. The predicted octanol–water partition coefficient (Wildman–Crippen LogP) is 4.48. The third-order valence-corrected chi connectivity index (χ3v) is 5.38. The molecule has 0 saturated carbocycles. The maximum Gasteiger partial charge on any atom is 0.328 e. The van der Waals surface area contributed by atoms with Crippen LogP contribution in [0.15, 0.2) is 48.6 Å². The van der Waals surface area contributed by atoms with E-state index < -0.39 is 11.9 Å². The van der Waals surface area contributed by atoms with Crippen LogP contribution in [0.1, 0.15) is 11.7 Å². The summed E-state index contributed by atoms with van der Waals surface area (Å²) in [6.45, 7) is 2.10. The van der Waals surface area contributed by atoms with Crippen LogP contribution in [0.2, 0.25) is 15.1 Å². The van der Waals surface area contributed by atoms with Gasteiger partial charge in [-0.15, -0.1) is 0 Å². The molecule has 1 aliphatic heterocycles. The van der Waals surface area contributed by atoms with Crippen LogP contribution in [0.25, 0.3) is 0 Å².